The average molecular weight is 277 g/mol. The highest BCUT2D eigenvalue weighted by Gasteiger charge is 2.35. The normalized spacial score (nSPS) is 25.7. The monoisotopic (exact) mass is 277 g/mol. The second kappa shape index (κ2) is 5.52. The Hall–Kier alpha value is -1.42. The van der Waals surface area contributed by atoms with Crippen LogP contribution in [0.2, 0.25) is 0 Å². The lowest BCUT2D eigenvalue weighted by molar-refractivity contribution is 0.0595. The Kier molecular flexibility index (Phi) is 3.74. The summed E-state index contributed by atoms with van der Waals surface area (Å²) < 4.78 is 18.4. The highest BCUT2D eigenvalue weighted by atomic mass is 19.1. The maximum Gasteiger partial charge on any atom is 0.340 e. The minimum absolute atomic E-state index is 0.00883. The molecular formula is C16H20FNO2. The van der Waals surface area contributed by atoms with Crippen molar-refractivity contribution in [3.8, 4) is 0 Å². The minimum Gasteiger partial charge on any atom is -0.465 e. The van der Waals surface area contributed by atoms with E-state index in [0.717, 1.165) is 37.0 Å². The Bertz CT molecular complexity index is 505. The Morgan fingerprint density at radius 3 is 2.65 bits per heavy atom. The van der Waals surface area contributed by atoms with E-state index < -0.39 is 11.8 Å². The molecule has 1 aliphatic heterocycles. The molecule has 4 heteroatoms. The van der Waals surface area contributed by atoms with Crippen molar-refractivity contribution in [3.63, 3.8) is 0 Å². The third kappa shape index (κ3) is 2.57. The van der Waals surface area contributed by atoms with E-state index >= 15 is 0 Å². The van der Waals surface area contributed by atoms with Gasteiger partial charge in [0.05, 0.1) is 12.7 Å². The van der Waals surface area contributed by atoms with Gasteiger partial charge in [-0.1, -0.05) is 12.5 Å². The van der Waals surface area contributed by atoms with Gasteiger partial charge in [-0.05, 0) is 42.4 Å². The van der Waals surface area contributed by atoms with Gasteiger partial charge in [0.1, 0.15) is 5.82 Å². The standard InChI is InChI=1S/C16H20FNO2/c1-20-16(19)14-6-5-11(7-15(14)17)8-18-9-12-3-2-4-13(12)10-18/h5-7,12-13H,2-4,8-10H2,1H3. The fraction of sp³-hybridized carbons (Fsp3) is 0.562. The number of carbonyl (C=O) groups is 1. The topological polar surface area (TPSA) is 29.5 Å². The number of rotatable bonds is 3. The van der Waals surface area contributed by atoms with Crippen molar-refractivity contribution in [2.75, 3.05) is 20.2 Å². The van der Waals surface area contributed by atoms with Crippen molar-refractivity contribution in [3.05, 3.63) is 35.1 Å². The Balaban J connectivity index is 1.66. The van der Waals surface area contributed by atoms with Crippen LogP contribution in [0.4, 0.5) is 4.39 Å². The van der Waals surface area contributed by atoms with E-state index in [-0.39, 0.29) is 5.56 Å². The summed E-state index contributed by atoms with van der Waals surface area (Å²) in [6, 6.07) is 4.80. The van der Waals surface area contributed by atoms with Crippen molar-refractivity contribution in [1.82, 2.24) is 4.90 Å². The summed E-state index contributed by atoms with van der Waals surface area (Å²) in [6.45, 7) is 3.03. The van der Waals surface area contributed by atoms with Crippen LogP contribution >= 0.6 is 0 Å². The van der Waals surface area contributed by atoms with E-state index in [1.165, 1.54) is 38.5 Å². The molecular weight excluding hydrogens is 257 g/mol. The van der Waals surface area contributed by atoms with Crippen LogP contribution in [0.15, 0.2) is 18.2 Å². The molecule has 0 radical (unpaired) electrons. The van der Waals surface area contributed by atoms with Gasteiger partial charge in [0.25, 0.3) is 0 Å². The van der Waals surface area contributed by atoms with Crippen LogP contribution in [0.25, 0.3) is 0 Å². The summed E-state index contributed by atoms with van der Waals surface area (Å²) in [4.78, 5) is 13.8. The third-order valence-electron chi connectivity index (χ3n) is 4.65. The number of nitrogens with zero attached hydrogens (tertiary/aromatic N) is 1. The lowest BCUT2D eigenvalue weighted by Gasteiger charge is -2.17. The van der Waals surface area contributed by atoms with Gasteiger partial charge >= 0.3 is 5.97 Å². The van der Waals surface area contributed by atoms with Gasteiger partial charge in [0.2, 0.25) is 0 Å². The highest BCUT2D eigenvalue weighted by molar-refractivity contribution is 5.89. The quantitative estimate of drug-likeness (QED) is 0.796. The fourth-order valence-electron chi connectivity index (χ4n) is 3.65. The molecule has 1 saturated heterocycles. The molecule has 2 aliphatic rings. The number of hydrogen-bond donors (Lipinski definition) is 0. The number of methoxy groups -OCH3 is 1. The zero-order valence-electron chi connectivity index (χ0n) is 11.8. The fourth-order valence-corrected chi connectivity index (χ4v) is 3.65. The van der Waals surface area contributed by atoms with E-state index in [4.69, 9.17) is 0 Å². The van der Waals surface area contributed by atoms with E-state index in [1.807, 2.05) is 6.07 Å². The van der Waals surface area contributed by atoms with Crippen molar-refractivity contribution >= 4 is 5.97 Å². The van der Waals surface area contributed by atoms with Crippen LogP contribution in [0.1, 0.15) is 35.2 Å². The molecule has 2 fully saturated rings. The molecule has 108 valence electrons. The number of carbonyl (C=O) groups excluding carboxylic acids is 1. The van der Waals surface area contributed by atoms with Gasteiger partial charge in [0.15, 0.2) is 0 Å². The Morgan fingerprint density at radius 1 is 1.35 bits per heavy atom. The average Bonchev–Trinajstić information content (AvgIpc) is 2.99. The predicted octanol–water partition coefficient (Wildman–Crippen LogP) is 2.84. The molecule has 0 bridgehead atoms. The zero-order valence-corrected chi connectivity index (χ0v) is 11.8. The Labute approximate surface area is 118 Å². The SMILES string of the molecule is COC(=O)c1ccc(CN2CC3CCCC3C2)cc1F. The predicted molar refractivity (Wildman–Crippen MR) is 73.8 cm³/mol. The first kappa shape index (κ1) is 13.6. The second-order valence-corrected chi connectivity index (χ2v) is 5.95. The smallest absolute Gasteiger partial charge is 0.340 e. The molecule has 0 aromatic heterocycles. The molecule has 1 aliphatic carbocycles. The minimum atomic E-state index is -0.621. The third-order valence-corrected chi connectivity index (χ3v) is 4.65. The van der Waals surface area contributed by atoms with Crippen molar-refractivity contribution in [2.45, 2.75) is 25.8 Å². The van der Waals surface area contributed by atoms with Crippen LogP contribution in [-0.2, 0) is 11.3 Å². The molecule has 1 aromatic rings. The summed E-state index contributed by atoms with van der Waals surface area (Å²) >= 11 is 0. The number of hydrogen-bond acceptors (Lipinski definition) is 3. The van der Waals surface area contributed by atoms with Gasteiger partial charge in [-0.2, -0.15) is 0 Å². The molecule has 3 rings (SSSR count). The summed E-state index contributed by atoms with van der Waals surface area (Å²) in [5, 5.41) is 0. The number of ether oxygens (including phenoxy) is 1. The van der Waals surface area contributed by atoms with Gasteiger partial charge in [0, 0.05) is 19.6 Å². The van der Waals surface area contributed by atoms with Crippen LogP contribution in [0, 0.1) is 17.7 Å². The van der Waals surface area contributed by atoms with Crippen LogP contribution in [-0.4, -0.2) is 31.1 Å². The second-order valence-electron chi connectivity index (χ2n) is 5.95. The lowest BCUT2D eigenvalue weighted by Crippen LogP contribution is -2.21. The summed E-state index contributed by atoms with van der Waals surface area (Å²) in [6.07, 6.45) is 4.05. The van der Waals surface area contributed by atoms with Crippen molar-refractivity contribution < 1.29 is 13.9 Å². The maximum absolute atomic E-state index is 13.9. The van der Waals surface area contributed by atoms with Gasteiger partial charge in [-0.15, -0.1) is 0 Å². The molecule has 1 aromatic carbocycles. The number of esters is 1. The molecule has 1 saturated carbocycles. The van der Waals surface area contributed by atoms with Gasteiger partial charge in [-0.3, -0.25) is 4.90 Å². The summed E-state index contributed by atoms with van der Waals surface area (Å²) in [5.41, 5.74) is 0.935. The largest absolute Gasteiger partial charge is 0.465 e. The first-order chi connectivity index (χ1) is 9.67. The van der Waals surface area contributed by atoms with Gasteiger partial charge in [-0.25, -0.2) is 9.18 Å². The zero-order chi connectivity index (χ0) is 14.1. The Morgan fingerprint density at radius 2 is 2.05 bits per heavy atom. The molecule has 0 amide bonds. The molecule has 0 N–H and O–H groups in total. The van der Waals surface area contributed by atoms with Crippen LogP contribution in [0.3, 0.4) is 0 Å². The van der Waals surface area contributed by atoms with Gasteiger partial charge < -0.3 is 4.74 Å². The number of fused-ring (bicyclic) bond motifs is 1. The number of likely N-dealkylation sites (tertiary alicyclic amines) is 1. The molecule has 2 unspecified atom stereocenters. The van der Waals surface area contributed by atoms with Crippen LogP contribution in [0.5, 0.6) is 0 Å². The van der Waals surface area contributed by atoms with Crippen LogP contribution < -0.4 is 0 Å². The molecule has 1 heterocycles. The van der Waals surface area contributed by atoms with E-state index in [9.17, 15) is 9.18 Å². The van der Waals surface area contributed by atoms with E-state index in [0.29, 0.717) is 0 Å². The lowest BCUT2D eigenvalue weighted by atomic mass is 10.0. The first-order valence-corrected chi connectivity index (χ1v) is 7.26. The van der Waals surface area contributed by atoms with Crippen molar-refractivity contribution in [2.24, 2.45) is 11.8 Å². The first-order valence-electron chi connectivity index (χ1n) is 7.26. The molecule has 20 heavy (non-hydrogen) atoms. The molecule has 0 spiro atoms. The van der Waals surface area contributed by atoms with Crippen molar-refractivity contribution in [1.29, 1.82) is 0 Å². The molecule has 3 nitrogen and oxygen atoms in total. The summed E-state index contributed by atoms with van der Waals surface area (Å²) in [5.74, 6) is 0.571. The number of halogens is 1. The van der Waals surface area contributed by atoms with E-state index in [2.05, 4.69) is 9.64 Å². The van der Waals surface area contributed by atoms with E-state index in [1.54, 1.807) is 0 Å². The number of benzene rings is 1. The highest BCUT2D eigenvalue weighted by Crippen LogP contribution is 2.38. The molecule has 2 atom stereocenters. The summed E-state index contributed by atoms with van der Waals surface area (Å²) in [7, 11) is 1.26. The maximum atomic E-state index is 13.9.